The van der Waals surface area contributed by atoms with Gasteiger partial charge in [0.1, 0.15) is 12.2 Å². The van der Waals surface area contributed by atoms with Crippen molar-refractivity contribution in [3.8, 4) is 0 Å². The predicted octanol–water partition coefficient (Wildman–Crippen LogP) is 2.76. The molecule has 1 heterocycles. The van der Waals surface area contributed by atoms with Crippen molar-refractivity contribution in [2.24, 2.45) is 34.3 Å². The third-order valence-corrected chi connectivity index (χ3v) is 11.2. The van der Waals surface area contributed by atoms with Crippen molar-refractivity contribution in [3.63, 3.8) is 0 Å². The van der Waals surface area contributed by atoms with Gasteiger partial charge in [-0.05, 0) is 74.5 Å². The Labute approximate surface area is 225 Å². The van der Waals surface area contributed by atoms with Crippen LogP contribution in [-0.4, -0.2) is 71.3 Å². The number of aliphatic hydroxyl groups excluding tert-OH is 2. The summed E-state index contributed by atoms with van der Waals surface area (Å²) in [7, 11) is 1.37. The van der Waals surface area contributed by atoms with E-state index in [1.807, 2.05) is 0 Å². The van der Waals surface area contributed by atoms with Crippen LogP contribution in [0.2, 0.25) is 0 Å². The first-order valence-electron chi connectivity index (χ1n) is 14.2. The minimum Gasteiger partial charge on any atom is -0.466 e. The van der Waals surface area contributed by atoms with Gasteiger partial charge < -0.3 is 35.3 Å². The third kappa shape index (κ3) is 4.32. The standard InChI is InChI=1S/C30H45NO7/c1-17(5-8-24(32)36-4)20-11-14-30(35)22-7-6-18-15-19(38-27-26(34)25(33)23(31)16-37-27)9-12-28(18,2)21(22)10-13-29(20,30)3/h5,8,15,19-23,25-27,33-35H,1,6-7,9-14,16,31H2,2-4H3/b8-5-/t19?,20-,21?,22?,23+,25?,26?,27-,28+,29-,30+/m1/s1. The SMILES string of the molecule is C=C(/C=C\C(=O)OC)[C@H]1CC[C@]2(O)C3CCC4=CC(O[C@H]5OC[C@H](N)C(O)C5O)CC[C@]4(C)C3CC[C@]12C. The van der Waals surface area contributed by atoms with Crippen LogP contribution in [0.25, 0.3) is 0 Å². The summed E-state index contributed by atoms with van der Waals surface area (Å²) in [6, 6.07) is -0.618. The van der Waals surface area contributed by atoms with Gasteiger partial charge in [0.15, 0.2) is 6.29 Å². The second kappa shape index (κ2) is 10.1. The van der Waals surface area contributed by atoms with Gasteiger partial charge in [-0.15, -0.1) is 0 Å². The van der Waals surface area contributed by atoms with Crippen LogP contribution in [0.1, 0.15) is 65.2 Å². The largest absolute Gasteiger partial charge is 0.466 e. The van der Waals surface area contributed by atoms with Crippen molar-refractivity contribution >= 4 is 5.97 Å². The number of hydrogen-bond acceptors (Lipinski definition) is 8. The van der Waals surface area contributed by atoms with Crippen LogP contribution in [-0.2, 0) is 19.0 Å². The summed E-state index contributed by atoms with van der Waals surface area (Å²) in [6.07, 6.45) is 9.27. The molecule has 5 N–H and O–H groups in total. The van der Waals surface area contributed by atoms with E-state index in [1.54, 1.807) is 6.08 Å². The number of hydrogen-bond donors (Lipinski definition) is 4. The molecule has 38 heavy (non-hydrogen) atoms. The maximum absolute atomic E-state index is 12.4. The number of allylic oxidation sites excluding steroid dienone is 3. The van der Waals surface area contributed by atoms with E-state index >= 15 is 0 Å². The summed E-state index contributed by atoms with van der Waals surface area (Å²) >= 11 is 0. The Bertz CT molecular complexity index is 1010. The Morgan fingerprint density at radius 3 is 2.61 bits per heavy atom. The molecular formula is C30H45NO7. The van der Waals surface area contributed by atoms with Gasteiger partial charge in [0.2, 0.25) is 0 Å². The molecule has 1 saturated heterocycles. The van der Waals surface area contributed by atoms with E-state index in [2.05, 4.69) is 26.5 Å². The van der Waals surface area contributed by atoms with Gasteiger partial charge in [0, 0.05) is 11.5 Å². The predicted molar refractivity (Wildman–Crippen MR) is 142 cm³/mol. The average molecular weight is 532 g/mol. The number of esters is 1. The van der Waals surface area contributed by atoms with Crippen LogP contribution >= 0.6 is 0 Å². The normalized spacial score (nSPS) is 48.6. The molecule has 0 aromatic rings. The summed E-state index contributed by atoms with van der Waals surface area (Å²) in [5.41, 5.74) is 7.02. The minimum absolute atomic E-state index is 0.00632. The molecule has 3 saturated carbocycles. The number of ether oxygens (including phenoxy) is 3. The second-order valence-corrected chi connectivity index (χ2v) is 12.8. The maximum atomic E-state index is 12.4. The molecule has 0 amide bonds. The van der Waals surface area contributed by atoms with Crippen LogP contribution < -0.4 is 5.73 Å². The van der Waals surface area contributed by atoms with E-state index in [0.29, 0.717) is 5.92 Å². The summed E-state index contributed by atoms with van der Waals surface area (Å²) < 4.78 is 16.5. The lowest BCUT2D eigenvalue weighted by molar-refractivity contribution is -0.259. The summed E-state index contributed by atoms with van der Waals surface area (Å²) in [5.74, 6) is 0.337. The molecular weight excluding hydrogens is 486 g/mol. The van der Waals surface area contributed by atoms with Gasteiger partial charge in [0.05, 0.1) is 31.5 Å². The first-order valence-corrected chi connectivity index (χ1v) is 14.2. The fraction of sp³-hybridized carbons (Fsp3) is 0.767. The molecule has 4 fully saturated rings. The molecule has 0 radical (unpaired) electrons. The van der Waals surface area contributed by atoms with Crippen LogP contribution in [0.15, 0.2) is 36.0 Å². The van der Waals surface area contributed by atoms with Crippen molar-refractivity contribution in [3.05, 3.63) is 36.0 Å². The van der Waals surface area contributed by atoms with Crippen molar-refractivity contribution in [1.82, 2.24) is 0 Å². The zero-order chi connectivity index (χ0) is 27.5. The zero-order valence-corrected chi connectivity index (χ0v) is 23.0. The lowest BCUT2D eigenvalue weighted by Gasteiger charge is -2.62. The Morgan fingerprint density at radius 1 is 1.11 bits per heavy atom. The van der Waals surface area contributed by atoms with Gasteiger partial charge in [-0.3, -0.25) is 0 Å². The number of carbonyl (C=O) groups is 1. The molecule has 5 unspecified atom stereocenters. The molecule has 11 atom stereocenters. The van der Waals surface area contributed by atoms with E-state index in [9.17, 15) is 20.1 Å². The number of nitrogens with two attached hydrogens (primary N) is 1. The monoisotopic (exact) mass is 531 g/mol. The fourth-order valence-electron chi connectivity index (χ4n) is 8.84. The number of fused-ring (bicyclic) bond motifs is 5. The Morgan fingerprint density at radius 2 is 1.87 bits per heavy atom. The first-order chi connectivity index (χ1) is 17.9. The number of aliphatic hydroxyl groups is 3. The van der Waals surface area contributed by atoms with Gasteiger partial charge in [-0.25, -0.2) is 4.79 Å². The van der Waals surface area contributed by atoms with E-state index in [-0.39, 0.29) is 35.4 Å². The molecule has 4 aliphatic carbocycles. The average Bonchev–Trinajstić information content (AvgIpc) is 3.18. The Kier molecular flexibility index (Phi) is 7.46. The van der Waals surface area contributed by atoms with Gasteiger partial charge in [-0.2, -0.15) is 0 Å². The smallest absolute Gasteiger partial charge is 0.330 e. The highest BCUT2D eigenvalue weighted by atomic mass is 16.7. The second-order valence-electron chi connectivity index (χ2n) is 12.8. The summed E-state index contributed by atoms with van der Waals surface area (Å²) in [4.78, 5) is 11.6. The molecule has 0 bridgehead atoms. The quantitative estimate of drug-likeness (QED) is 0.184. The number of methoxy groups -OCH3 is 1. The number of carbonyl (C=O) groups excluding carboxylic acids is 1. The van der Waals surface area contributed by atoms with Gasteiger partial charge >= 0.3 is 5.97 Å². The van der Waals surface area contributed by atoms with Crippen molar-refractivity contribution in [2.75, 3.05) is 13.7 Å². The Hall–Kier alpha value is -1.55. The van der Waals surface area contributed by atoms with E-state index < -0.39 is 36.1 Å². The highest BCUT2D eigenvalue weighted by Gasteiger charge is 2.66. The zero-order valence-electron chi connectivity index (χ0n) is 23.0. The van der Waals surface area contributed by atoms with Crippen LogP contribution in [0, 0.1) is 28.6 Å². The topological polar surface area (TPSA) is 131 Å². The molecule has 0 aromatic carbocycles. The van der Waals surface area contributed by atoms with Crippen LogP contribution in [0.3, 0.4) is 0 Å². The van der Waals surface area contributed by atoms with Crippen LogP contribution in [0.4, 0.5) is 0 Å². The molecule has 1 aliphatic heterocycles. The van der Waals surface area contributed by atoms with E-state index in [4.69, 9.17) is 19.9 Å². The summed E-state index contributed by atoms with van der Waals surface area (Å²) in [6.45, 7) is 9.02. The molecule has 5 aliphatic rings. The van der Waals surface area contributed by atoms with Gasteiger partial charge in [0.25, 0.3) is 0 Å². The fourth-order valence-corrected chi connectivity index (χ4v) is 8.84. The van der Waals surface area contributed by atoms with Crippen molar-refractivity contribution in [1.29, 1.82) is 0 Å². The molecule has 0 spiro atoms. The molecule has 212 valence electrons. The van der Waals surface area contributed by atoms with Gasteiger partial charge in [-0.1, -0.05) is 43.7 Å². The van der Waals surface area contributed by atoms with Crippen molar-refractivity contribution < 1.29 is 34.3 Å². The highest BCUT2D eigenvalue weighted by Crippen LogP contribution is 2.69. The molecule has 0 aromatic heterocycles. The lowest BCUT2D eigenvalue weighted by Crippen LogP contribution is -2.61. The molecule has 5 rings (SSSR count). The maximum Gasteiger partial charge on any atom is 0.330 e. The van der Waals surface area contributed by atoms with Crippen LogP contribution in [0.5, 0.6) is 0 Å². The Balaban J connectivity index is 1.32. The van der Waals surface area contributed by atoms with E-state index in [1.165, 1.54) is 18.8 Å². The molecule has 8 nitrogen and oxygen atoms in total. The van der Waals surface area contributed by atoms with Crippen molar-refractivity contribution in [2.45, 2.75) is 101 Å². The molecule has 8 heteroatoms. The number of rotatable bonds is 5. The summed E-state index contributed by atoms with van der Waals surface area (Å²) in [5, 5.41) is 32.9. The third-order valence-electron chi connectivity index (χ3n) is 11.2. The minimum atomic E-state index is -1.17. The van der Waals surface area contributed by atoms with E-state index in [0.717, 1.165) is 56.9 Å². The first kappa shape index (κ1) is 28.0. The lowest BCUT2D eigenvalue weighted by atomic mass is 9.45. The highest BCUT2D eigenvalue weighted by molar-refractivity contribution is 5.82.